The predicted octanol–water partition coefficient (Wildman–Crippen LogP) is 3.18. The molecule has 0 radical (unpaired) electrons. The Kier molecular flexibility index (Phi) is 9.24. The van der Waals surface area contributed by atoms with Gasteiger partial charge in [0.05, 0.1) is 6.61 Å². The van der Waals surface area contributed by atoms with E-state index in [4.69, 9.17) is 9.73 Å². The van der Waals surface area contributed by atoms with E-state index in [-0.39, 0.29) is 29.9 Å². The van der Waals surface area contributed by atoms with Crippen molar-refractivity contribution in [3.8, 4) is 0 Å². The zero-order chi connectivity index (χ0) is 15.8. The van der Waals surface area contributed by atoms with Crippen LogP contribution in [0.15, 0.2) is 4.99 Å². The van der Waals surface area contributed by atoms with Gasteiger partial charge in [-0.3, -0.25) is 9.79 Å². The molecule has 0 bridgehead atoms. The maximum atomic E-state index is 11.3. The van der Waals surface area contributed by atoms with Crippen LogP contribution in [0.3, 0.4) is 0 Å². The summed E-state index contributed by atoms with van der Waals surface area (Å²) in [6.45, 7) is 8.24. The monoisotopic (exact) mass is 437 g/mol. The first-order chi connectivity index (χ1) is 10.7. The fourth-order valence-corrected chi connectivity index (χ4v) is 3.72. The van der Waals surface area contributed by atoms with Crippen LogP contribution in [0, 0.1) is 5.41 Å². The van der Waals surface area contributed by atoms with Gasteiger partial charge in [-0.2, -0.15) is 0 Å². The van der Waals surface area contributed by atoms with Gasteiger partial charge in [0.1, 0.15) is 0 Å². The Morgan fingerprint density at radius 1 is 1.26 bits per heavy atom. The molecule has 0 unspecified atom stereocenters. The third-order valence-corrected chi connectivity index (χ3v) is 4.84. The average Bonchev–Trinajstić information content (AvgIpc) is 3.13. The summed E-state index contributed by atoms with van der Waals surface area (Å²) >= 11 is 0. The van der Waals surface area contributed by atoms with Gasteiger partial charge in [-0.25, -0.2) is 0 Å². The molecular weight excluding hydrogens is 405 g/mol. The van der Waals surface area contributed by atoms with Crippen molar-refractivity contribution in [2.24, 2.45) is 10.4 Å². The third kappa shape index (κ3) is 6.12. The molecule has 0 aromatic heterocycles. The highest BCUT2D eigenvalue weighted by Gasteiger charge is 2.40. The summed E-state index contributed by atoms with van der Waals surface area (Å²) in [4.78, 5) is 18.5. The third-order valence-electron chi connectivity index (χ3n) is 4.84. The molecule has 6 heteroatoms. The number of esters is 1. The van der Waals surface area contributed by atoms with E-state index in [1.54, 1.807) is 0 Å². The van der Waals surface area contributed by atoms with Gasteiger partial charge in [-0.15, -0.1) is 24.0 Å². The quantitative estimate of drug-likeness (QED) is 0.228. The highest BCUT2D eigenvalue weighted by atomic mass is 127. The number of ether oxygens (including phenoxy) is 1. The summed E-state index contributed by atoms with van der Waals surface area (Å²) in [6.07, 6.45) is 8.06. The van der Waals surface area contributed by atoms with Crippen LogP contribution in [0.1, 0.15) is 58.8 Å². The molecule has 0 aromatic rings. The molecule has 5 nitrogen and oxygen atoms in total. The van der Waals surface area contributed by atoms with Crippen LogP contribution in [-0.2, 0) is 9.53 Å². The molecule has 1 saturated heterocycles. The zero-order valence-corrected chi connectivity index (χ0v) is 16.9. The van der Waals surface area contributed by atoms with Crippen molar-refractivity contribution >= 4 is 35.9 Å². The minimum atomic E-state index is -0.117. The molecule has 0 atom stereocenters. The van der Waals surface area contributed by atoms with Gasteiger partial charge in [0, 0.05) is 32.6 Å². The van der Waals surface area contributed by atoms with Crippen molar-refractivity contribution in [1.29, 1.82) is 0 Å². The Hall–Kier alpha value is -0.530. The van der Waals surface area contributed by atoms with Crippen molar-refractivity contribution in [3.63, 3.8) is 0 Å². The largest absolute Gasteiger partial charge is 0.466 e. The molecule has 2 rings (SSSR count). The van der Waals surface area contributed by atoms with Gasteiger partial charge >= 0.3 is 5.97 Å². The molecule has 1 aliphatic heterocycles. The Labute approximate surface area is 157 Å². The van der Waals surface area contributed by atoms with E-state index in [0.29, 0.717) is 25.0 Å². The maximum Gasteiger partial charge on any atom is 0.305 e. The number of hydrogen-bond donors (Lipinski definition) is 1. The lowest BCUT2D eigenvalue weighted by molar-refractivity contribution is -0.143. The van der Waals surface area contributed by atoms with Crippen LogP contribution in [0.4, 0.5) is 0 Å². The summed E-state index contributed by atoms with van der Waals surface area (Å²) in [5.74, 6) is 0.906. The van der Waals surface area contributed by atoms with E-state index in [0.717, 1.165) is 32.0 Å². The first-order valence-electron chi connectivity index (χ1n) is 8.88. The van der Waals surface area contributed by atoms with Gasteiger partial charge in [-0.1, -0.05) is 12.8 Å². The summed E-state index contributed by atoms with van der Waals surface area (Å²) in [5, 5.41) is 3.40. The van der Waals surface area contributed by atoms with E-state index in [2.05, 4.69) is 17.1 Å². The first kappa shape index (κ1) is 20.5. The van der Waals surface area contributed by atoms with Gasteiger partial charge in [0.2, 0.25) is 0 Å². The van der Waals surface area contributed by atoms with E-state index >= 15 is 0 Å². The summed E-state index contributed by atoms with van der Waals surface area (Å²) < 4.78 is 4.95. The second-order valence-electron chi connectivity index (χ2n) is 6.52. The molecule has 0 amide bonds. The number of hydrogen-bond acceptors (Lipinski definition) is 3. The standard InChI is InChI=1S/C17H31N3O2.HI/c1-3-18-16(19-12-7-8-15(21)22-4-2)20-13-11-17(14-20)9-5-6-10-17;/h3-14H2,1-2H3,(H,18,19);1H. The van der Waals surface area contributed by atoms with E-state index in [1.807, 2.05) is 6.92 Å². The molecule has 2 fully saturated rings. The highest BCUT2D eigenvalue weighted by Crippen LogP contribution is 2.45. The number of nitrogens with one attached hydrogen (secondary N) is 1. The summed E-state index contributed by atoms with van der Waals surface area (Å²) in [6, 6.07) is 0. The topological polar surface area (TPSA) is 53.9 Å². The Morgan fingerprint density at radius 3 is 2.65 bits per heavy atom. The number of nitrogens with zero attached hydrogens (tertiary/aromatic N) is 2. The zero-order valence-electron chi connectivity index (χ0n) is 14.6. The molecule has 1 N–H and O–H groups in total. The van der Waals surface area contributed by atoms with Gasteiger partial charge in [0.15, 0.2) is 5.96 Å². The van der Waals surface area contributed by atoms with Crippen molar-refractivity contribution in [2.45, 2.75) is 58.8 Å². The molecule has 2 aliphatic rings. The van der Waals surface area contributed by atoms with Crippen molar-refractivity contribution in [2.75, 3.05) is 32.8 Å². The van der Waals surface area contributed by atoms with Crippen LogP contribution < -0.4 is 5.32 Å². The number of likely N-dealkylation sites (tertiary alicyclic amines) is 1. The van der Waals surface area contributed by atoms with Crippen LogP contribution in [0.5, 0.6) is 0 Å². The lowest BCUT2D eigenvalue weighted by Crippen LogP contribution is -2.41. The molecule has 134 valence electrons. The minimum Gasteiger partial charge on any atom is -0.466 e. The summed E-state index contributed by atoms with van der Waals surface area (Å²) in [5.41, 5.74) is 0.557. The number of halogens is 1. The van der Waals surface area contributed by atoms with Crippen LogP contribution in [-0.4, -0.2) is 49.6 Å². The highest BCUT2D eigenvalue weighted by molar-refractivity contribution is 14.0. The fourth-order valence-electron chi connectivity index (χ4n) is 3.72. The Morgan fingerprint density at radius 2 is 2.00 bits per heavy atom. The normalized spacial score (nSPS) is 19.7. The smallest absolute Gasteiger partial charge is 0.305 e. The molecule has 1 heterocycles. The Balaban J connectivity index is 0.00000264. The van der Waals surface area contributed by atoms with Crippen molar-refractivity contribution in [1.82, 2.24) is 10.2 Å². The number of aliphatic imine (C=N–C) groups is 1. The van der Waals surface area contributed by atoms with Crippen LogP contribution in [0.2, 0.25) is 0 Å². The van der Waals surface area contributed by atoms with Crippen LogP contribution in [0.25, 0.3) is 0 Å². The van der Waals surface area contributed by atoms with E-state index < -0.39 is 0 Å². The number of carbonyl (C=O) groups excluding carboxylic acids is 1. The second-order valence-corrected chi connectivity index (χ2v) is 6.52. The minimum absolute atomic E-state index is 0. The van der Waals surface area contributed by atoms with E-state index in [9.17, 15) is 4.79 Å². The van der Waals surface area contributed by atoms with Crippen molar-refractivity contribution in [3.05, 3.63) is 0 Å². The maximum absolute atomic E-state index is 11.3. The number of carbonyl (C=O) groups is 1. The first-order valence-corrected chi connectivity index (χ1v) is 8.88. The molecule has 0 aromatic carbocycles. The summed E-state index contributed by atoms with van der Waals surface area (Å²) in [7, 11) is 0. The molecular formula is C17H32IN3O2. The molecule has 23 heavy (non-hydrogen) atoms. The predicted molar refractivity (Wildman–Crippen MR) is 104 cm³/mol. The molecule has 1 saturated carbocycles. The lowest BCUT2D eigenvalue weighted by Gasteiger charge is -2.25. The van der Waals surface area contributed by atoms with Gasteiger partial charge in [0.25, 0.3) is 0 Å². The number of guanidine groups is 1. The average molecular weight is 437 g/mol. The number of rotatable bonds is 6. The van der Waals surface area contributed by atoms with Gasteiger partial charge < -0.3 is 15.0 Å². The lowest BCUT2D eigenvalue weighted by atomic mass is 9.86. The van der Waals surface area contributed by atoms with E-state index in [1.165, 1.54) is 32.1 Å². The fraction of sp³-hybridized carbons (Fsp3) is 0.882. The van der Waals surface area contributed by atoms with Crippen LogP contribution >= 0.6 is 24.0 Å². The molecule has 1 spiro atoms. The SMILES string of the molecule is CCNC(=NCCCC(=O)OCC)N1CCC2(CCCC2)C1.I. The van der Waals surface area contributed by atoms with Crippen molar-refractivity contribution < 1.29 is 9.53 Å². The molecule has 1 aliphatic carbocycles. The second kappa shape index (κ2) is 10.4. The van der Waals surface area contributed by atoms with Gasteiger partial charge in [-0.05, 0) is 44.9 Å². The Bertz CT molecular complexity index is 395.